The van der Waals surface area contributed by atoms with Gasteiger partial charge in [0.2, 0.25) is 5.88 Å². The summed E-state index contributed by atoms with van der Waals surface area (Å²) in [6, 6.07) is 4.49. The van der Waals surface area contributed by atoms with Gasteiger partial charge >= 0.3 is 0 Å². The summed E-state index contributed by atoms with van der Waals surface area (Å²) in [7, 11) is 3.82. The van der Waals surface area contributed by atoms with Gasteiger partial charge in [-0.1, -0.05) is 12.8 Å². The van der Waals surface area contributed by atoms with Gasteiger partial charge in [-0.15, -0.1) is 5.10 Å². The summed E-state index contributed by atoms with van der Waals surface area (Å²) in [4.78, 5) is 2.44. The molecule has 0 aliphatic heterocycles. The number of aromatic nitrogens is 2. The minimum atomic E-state index is 0.380. The Labute approximate surface area is 133 Å². The lowest BCUT2D eigenvalue weighted by Crippen LogP contribution is -2.62. The molecule has 0 bridgehead atoms. The topological polar surface area (TPSA) is 47.5 Å². The molecule has 0 aromatic carbocycles. The largest absolute Gasteiger partial charge is 0.480 e. The van der Waals surface area contributed by atoms with Crippen molar-refractivity contribution in [3.05, 3.63) is 17.8 Å². The lowest BCUT2D eigenvalue weighted by molar-refractivity contribution is -0.162. The Bertz CT molecular complexity index is 485. The minimum absolute atomic E-state index is 0.380. The molecule has 122 valence electrons. The first-order valence-electron chi connectivity index (χ1n) is 8.38. The van der Waals surface area contributed by atoms with Crippen LogP contribution in [-0.4, -0.2) is 48.0 Å². The Morgan fingerprint density at radius 3 is 2.64 bits per heavy atom. The molecule has 0 unspecified atom stereocenters. The van der Waals surface area contributed by atoms with E-state index in [-0.39, 0.29) is 0 Å². The molecule has 2 atom stereocenters. The van der Waals surface area contributed by atoms with E-state index in [1.165, 1.54) is 25.7 Å². The molecule has 0 amide bonds. The van der Waals surface area contributed by atoms with Crippen molar-refractivity contribution in [2.45, 2.75) is 57.7 Å². The third kappa shape index (κ3) is 2.72. The lowest BCUT2D eigenvalue weighted by atomic mass is 9.60. The third-order valence-electron chi connectivity index (χ3n) is 5.49. The van der Waals surface area contributed by atoms with E-state index < -0.39 is 0 Å². The Kier molecular flexibility index (Phi) is 4.64. The number of hydrogen-bond donors (Lipinski definition) is 0. The fourth-order valence-corrected chi connectivity index (χ4v) is 4.38. The lowest BCUT2D eigenvalue weighted by Gasteiger charge is -2.57. The van der Waals surface area contributed by atoms with Gasteiger partial charge in [0.25, 0.3) is 0 Å². The first-order valence-corrected chi connectivity index (χ1v) is 8.38. The maximum absolute atomic E-state index is 6.01. The smallest absolute Gasteiger partial charge is 0.233 e. The van der Waals surface area contributed by atoms with Gasteiger partial charge in [-0.2, -0.15) is 5.10 Å². The molecule has 22 heavy (non-hydrogen) atoms. The fraction of sp³-hybridized carbons (Fsp3) is 0.765. The molecule has 2 aliphatic carbocycles. The zero-order valence-electron chi connectivity index (χ0n) is 13.9. The summed E-state index contributed by atoms with van der Waals surface area (Å²) in [6.45, 7) is 3.77. The molecule has 0 radical (unpaired) electrons. The van der Waals surface area contributed by atoms with Crippen LogP contribution in [0.4, 0.5) is 0 Å². The SMILES string of the molecule is CCO[C@H]1C[C@H](N(C)Cc2ccc(OC)nn2)C12CCCC2. The molecule has 0 saturated heterocycles. The average Bonchev–Trinajstić information content (AvgIpc) is 3.04. The second-order valence-electron chi connectivity index (χ2n) is 6.62. The van der Waals surface area contributed by atoms with Crippen LogP contribution in [0.5, 0.6) is 5.88 Å². The van der Waals surface area contributed by atoms with Gasteiger partial charge in [-0.05, 0) is 39.3 Å². The van der Waals surface area contributed by atoms with Crippen LogP contribution in [0.25, 0.3) is 0 Å². The fourth-order valence-electron chi connectivity index (χ4n) is 4.38. The first-order chi connectivity index (χ1) is 10.7. The Hall–Kier alpha value is -1.20. The highest BCUT2D eigenvalue weighted by molar-refractivity contribution is 5.14. The molecular formula is C17H27N3O2. The van der Waals surface area contributed by atoms with Crippen molar-refractivity contribution < 1.29 is 9.47 Å². The van der Waals surface area contributed by atoms with Crippen LogP contribution in [0.1, 0.15) is 44.7 Å². The van der Waals surface area contributed by atoms with Crippen LogP contribution in [0, 0.1) is 5.41 Å². The molecule has 1 heterocycles. The molecule has 1 spiro atoms. The van der Waals surface area contributed by atoms with Crippen LogP contribution in [0.2, 0.25) is 0 Å². The van der Waals surface area contributed by atoms with Gasteiger partial charge < -0.3 is 9.47 Å². The summed E-state index contributed by atoms with van der Waals surface area (Å²) >= 11 is 0. The quantitative estimate of drug-likeness (QED) is 0.808. The molecule has 3 rings (SSSR count). The minimum Gasteiger partial charge on any atom is -0.480 e. The van der Waals surface area contributed by atoms with Crippen molar-refractivity contribution in [1.82, 2.24) is 15.1 Å². The van der Waals surface area contributed by atoms with E-state index in [1.54, 1.807) is 7.11 Å². The molecule has 2 saturated carbocycles. The van der Waals surface area contributed by atoms with Crippen LogP contribution in [0.3, 0.4) is 0 Å². The van der Waals surface area contributed by atoms with E-state index in [2.05, 4.69) is 29.1 Å². The summed E-state index contributed by atoms with van der Waals surface area (Å²) in [5.41, 5.74) is 1.38. The molecule has 1 aromatic heterocycles. The standard InChI is InChI=1S/C17H27N3O2/c1-4-22-15-11-14(17(15)9-5-6-10-17)20(2)12-13-7-8-16(21-3)19-18-13/h7-8,14-15H,4-6,9-12H2,1-3H3/t14-,15-/m0/s1. The van der Waals surface area contributed by atoms with E-state index in [9.17, 15) is 0 Å². The van der Waals surface area contributed by atoms with Crippen molar-refractivity contribution in [3.63, 3.8) is 0 Å². The Morgan fingerprint density at radius 1 is 1.27 bits per heavy atom. The second-order valence-corrected chi connectivity index (χ2v) is 6.62. The number of rotatable bonds is 6. The van der Waals surface area contributed by atoms with E-state index in [1.807, 2.05) is 12.1 Å². The molecule has 1 aromatic rings. The van der Waals surface area contributed by atoms with Gasteiger partial charge in [-0.3, -0.25) is 4.90 Å². The van der Waals surface area contributed by atoms with Crippen molar-refractivity contribution in [1.29, 1.82) is 0 Å². The molecule has 2 fully saturated rings. The van der Waals surface area contributed by atoms with Gasteiger partial charge in [-0.25, -0.2) is 0 Å². The molecular weight excluding hydrogens is 278 g/mol. The predicted molar refractivity (Wildman–Crippen MR) is 84.8 cm³/mol. The average molecular weight is 305 g/mol. The van der Waals surface area contributed by atoms with Crippen molar-refractivity contribution >= 4 is 0 Å². The highest BCUT2D eigenvalue weighted by Gasteiger charge is 2.57. The van der Waals surface area contributed by atoms with Crippen LogP contribution < -0.4 is 4.74 Å². The number of methoxy groups -OCH3 is 1. The normalized spacial score (nSPS) is 26.4. The monoisotopic (exact) mass is 305 g/mol. The summed E-state index contributed by atoms with van der Waals surface area (Å²) in [6.07, 6.45) is 6.90. The molecule has 0 N–H and O–H groups in total. The van der Waals surface area contributed by atoms with Crippen LogP contribution in [0.15, 0.2) is 12.1 Å². The van der Waals surface area contributed by atoms with Crippen molar-refractivity contribution in [2.24, 2.45) is 5.41 Å². The van der Waals surface area contributed by atoms with Crippen molar-refractivity contribution in [3.8, 4) is 5.88 Å². The Morgan fingerprint density at radius 2 is 2.05 bits per heavy atom. The first kappa shape index (κ1) is 15.7. The van der Waals surface area contributed by atoms with E-state index in [0.29, 0.717) is 23.4 Å². The highest BCUT2D eigenvalue weighted by Crippen LogP contribution is 2.56. The zero-order chi connectivity index (χ0) is 15.6. The Balaban J connectivity index is 1.65. The number of ether oxygens (including phenoxy) is 2. The van der Waals surface area contributed by atoms with Gasteiger partial charge in [0.1, 0.15) is 0 Å². The summed E-state index contributed by atoms with van der Waals surface area (Å²) < 4.78 is 11.1. The number of nitrogens with zero attached hydrogens (tertiary/aromatic N) is 3. The predicted octanol–water partition coefficient (Wildman–Crippen LogP) is 2.65. The molecule has 5 heteroatoms. The third-order valence-corrected chi connectivity index (χ3v) is 5.49. The zero-order valence-corrected chi connectivity index (χ0v) is 13.9. The highest BCUT2D eigenvalue weighted by atomic mass is 16.5. The second kappa shape index (κ2) is 6.50. The van der Waals surface area contributed by atoms with E-state index >= 15 is 0 Å². The van der Waals surface area contributed by atoms with Crippen LogP contribution in [-0.2, 0) is 11.3 Å². The van der Waals surface area contributed by atoms with Gasteiger partial charge in [0.05, 0.1) is 18.9 Å². The van der Waals surface area contributed by atoms with Gasteiger partial charge in [0.15, 0.2) is 0 Å². The summed E-state index contributed by atoms with van der Waals surface area (Å²) in [5.74, 6) is 0.568. The molecule has 5 nitrogen and oxygen atoms in total. The molecule has 2 aliphatic rings. The van der Waals surface area contributed by atoms with Crippen LogP contribution >= 0.6 is 0 Å². The van der Waals surface area contributed by atoms with Crippen molar-refractivity contribution in [2.75, 3.05) is 20.8 Å². The maximum Gasteiger partial charge on any atom is 0.233 e. The maximum atomic E-state index is 6.01. The summed E-state index contributed by atoms with van der Waals surface area (Å²) in [5, 5.41) is 8.32. The number of hydrogen-bond acceptors (Lipinski definition) is 5. The van der Waals surface area contributed by atoms with Gasteiger partial charge in [0, 0.05) is 30.7 Å². The van der Waals surface area contributed by atoms with E-state index in [4.69, 9.17) is 9.47 Å². The van der Waals surface area contributed by atoms with E-state index in [0.717, 1.165) is 25.3 Å².